The second-order valence-electron chi connectivity index (χ2n) is 5.71. The molecule has 2 atom stereocenters. The molecule has 0 amide bonds. The lowest BCUT2D eigenvalue weighted by atomic mass is 9.94. The van der Waals surface area contributed by atoms with Gasteiger partial charge in [-0.25, -0.2) is 8.78 Å². The van der Waals surface area contributed by atoms with E-state index in [1.807, 2.05) is 6.92 Å². The van der Waals surface area contributed by atoms with Crippen molar-refractivity contribution >= 4 is 0 Å². The van der Waals surface area contributed by atoms with Crippen LogP contribution in [0.3, 0.4) is 0 Å². The van der Waals surface area contributed by atoms with E-state index in [4.69, 9.17) is 9.47 Å². The third kappa shape index (κ3) is 5.19. The van der Waals surface area contributed by atoms with Gasteiger partial charge in [-0.2, -0.15) is 0 Å². The maximum atomic E-state index is 13.0. The molecule has 1 aliphatic heterocycles. The van der Waals surface area contributed by atoms with Crippen LogP contribution in [-0.4, -0.2) is 43.6 Å². The molecule has 6 heteroatoms. The van der Waals surface area contributed by atoms with Gasteiger partial charge in [-0.3, -0.25) is 0 Å². The number of aliphatic hydroxyl groups excluding tert-OH is 1. The third-order valence-corrected chi connectivity index (χ3v) is 3.88. The SMILES string of the molecule is C[C@@H](COc1ccc(F)c(F)c1)NC[C@@H](O)C1CCOCC1. The summed E-state index contributed by atoms with van der Waals surface area (Å²) in [4.78, 5) is 0. The van der Waals surface area contributed by atoms with Crippen LogP contribution in [0.5, 0.6) is 5.75 Å². The normalized spacial score (nSPS) is 18.9. The highest BCUT2D eigenvalue weighted by Gasteiger charge is 2.22. The molecule has 2 N–H and O–H groups in total. The Labute approximate surface area is 129 Å². The minimum Gasteiger partial charge on any atom is -0.492 e. The summed E-state index contributed by atoms with van der Waals surface area (Å²) in [5.74, 6) is -1.26. The maximum Gasteiger partial charge on any atom is 0.162 e. The number of nitrogens with one attached hydrogen (secondary N) is 1. The molecule has 4 nitrogen and oxygen atoms in total. The first-order valence-electron chi connectivity index (χ1n) is 7.63. The van der Waals surface area contributed by atoms with E-state index < -0.39 is 17.7 Å². The highest BCUT2D eigenvalue weighted by molar-refractivity contribution is 5.23. The average molecular weight is 315 g/mol. The molecule has 0 spiro atoms. The number of ether oxygens (including phenoxy) is 2. The third-order valence-electron chi connectivity index (χ3n) is 3.88. The van der Waals surface area contributed by atoms with E-state index in [2.05, 4.69) is 5.32 Å². The van der Waals surface area contributed by atoms with Crippen LogP contribution in [-0.2, 0) is 4.74 Å². The van der Waals surface area contributed by atoms with E-state index in [-0.39, 0.29) is 17.7 Å². The van der Waals surface area contributed by atoms with Crippen LogP contribution in [0.4, 0.5) is 8.78 Å². The van der Waals surface area contributed by atoms with E-state index in [1.165, 1.54) is 6.07 Å². The van der Waals surface area contributed by atoms with Crippen LogP contribution >= 0.6 is 0 Å². The predicted molar refractivity (Wildman–Crippen MR) is 78.9 cm³/mol. The summed E-state index contributed by atoms with van der Waals surface area (Å²) < 4.78 is 36.5. The van der Waals surface area contributed by atoms with E-state index in [0.717, 1.165) is 25.0 Å². The summed E-state index contributed by atoms with van der Waals surface area (Å²) in [6.45, 7) is 4.11. The van der Waals surface area contributed by atoms with E-state index >= 15 is 0 Å². The molecule has 0 aromatic heterocycles. The lowest BCUT2D eigenvalue weighted by molar-refractivity contribution is 0.00733. The van der Waals surface area contributed by atoms with E-state index in [9.17, 15) is 13.9 Å². The zero-order valence-electron chi connectivity index (χ0n) is 12.7. The molecule has 0 bridgehead atoms. The van der Waals surface area contributed by atoms with Crippen LogP contribution in [0, 0.1) is 17.6 Å². The molecular formula is C16H23F2NO3. The molecule has 1 aliphatic rings. The van der Waals surface area contributed by atoms with E-state index in [0.29, 0.717) is 26.4 Å². The molecule has 1 saturated heterocycles. The number of benzene rings is 1. The fourth-order valence-electron chi connectivity index (χ4n) is 2.44. The van der Waals surface area contributed by atoms with Gasteiger partial charge in [0.25, 0.3) is 0 Å². The summed E-state index contributed by atoms with van der Waals surface area (Å²) in [5.41, 5.74) is 0. The molecule has 1 fully saturated rings. The van der Waals surface area contributed by atoms with Crippen molar-refractivity contribution in [3.05, 3.63) is 29.8 Å². The lowest BCUT2D eigenvalue weighted by Gasteiger charge is -2.27. The molecule has 0 unspecified atom stereocenters. The van der Waals surface area contributed by atoms with Gasteiger partial charge in [0.2, 0.25) is 0 Å². The van der Waals surface area contributed by atoms with E-state index in [1.54, 1.807) is 0 Å². The smallest absolute Gasteiger partial charge is 0.162 e. The number of aliphatic hydroxyl groups is 1. The predicted octanol–water partition coefficient (Wildman–Crippen LogP) is 2.11. The zero-order chi connectivity index (χ0) is 15.9. The van der Waals surface area contributed by atoms with Crippen LogP contribution in [0.2, 0.25) is 0 Å². The van der Waals surface area contributed by atoms with Gasteiger partial charge < -0.3 is 19.9 Å². The van der Waals surface area contributed by atoms with Gasteiger partial charge in [0.15, 0.2) is 11.6 Å². The summed E-state index contributed by atoms with van der Waals surface area (Å²) in [7, 11) is 0. The van der Waals surface area contributed by atoms with Gasteiger partial charge in [0.05, 0.1) is 6.10 Å². The van der Waals surface area contributed by atoms with Crippen LogP contribution in [0.25, 0.3) is 0 Å². The van der Waals surface area contributed by atoms with Crippen molar-refractivity contribution < 1.29 is 23.4 Å². The van der Waals surface area contributed by atoms with Crippen molar-refractivity contribution in [2.75, 3.05) is 26.4 Å². The lowest BCUT2D eigenvalue weighted by Crippen LogP contribution is -2.41. The first-order valence-corrected chi connectivity index (χ1v) is 7.63. The standard InChI is InChI=1S/C16H23F2NO3/c1-11(10-22-13-2-3-14(17)15(18)8-13)19-9-16(20)12-4-6-21-7-5-12/h2-3,8,11-12,16,19-20H,4-7,9-10H2,1H3/t11-,16+/m0/s1. The van der Waals surface area contributed by atoms with Crippen LogP contribution in [0.15, 0.2) is 18.2 Å². The molecule has 0 aliphatic carbocycles. The number of hydrogen-bond donors (Lipinski definition) is 2. The fraction of sp³-hybridized carbons (Fsp3) is 0.625. The monoisotopic (exact) mass is 315 g/mol. The van der Waals surface area contributed by atoms with Crippen molar-refractivity contribution in [2.45, 2.75) is 31.9 Å². The summed E-state index contributed by atoms with van der Waals surface area (Å²) >= 11 is 0. The minimum atomic E-state index is -0.923. The Hall–Kier alpha value is -1.24. The first-order chi connectivity index (χ1) is 10.6. The van der Waals surface area contributed by atoms with Gasteiger partial charge in [-0.05, 0) is 37.8 Å². The van der Waals surface area contributed by atoms with Crippen molar-refractivity contribution in [3.63, 3.8) is 0 Å². The Morgan fingerprint density at radius 1 is 1.32 bits per heavy atom. The molecule has 1 heterocycles. The minimum absolute atomic E-state index is 0.0115. The fourth-order valence-corrected chi connectivity index (χ4v) is 2.44. The molecule has 1 aromatic carbocycles. The summed E-state index contributed by atoms with van der Waals surface area (Å²) in [6.07, 6.45) is 1.35. The van der Waals surface area contributed by atoms with Gasteiger partial charge in [0.1, 0.15) is 12.4 Å². The quantitative estimate of drug-likeness (QED) is 0.809. The Balaban J connectivity index is 1.68. The Morgan fingerprint density at radius 2 is 2.05 bits per heavy atom. The van der Waals surface area contributed by atoms with Crippen molar-refractivity contribution in [2.24, 2.45) is 5.92 Å². The summed E-state index contributed by atoms with van der Waals surface area (Å²) in [6, 6.07) is 3.45. The topological polar surface area (TPSA) is 50.7 Å². The second kappa shape index (κ2) is 8.41. The summed E-state index contributed by atoms with van der Waals surface area (Å²) in [5, 5.41) is 13.3. The molecule has 1 aromatic rings. The van der Waals surface area contributed by atoms with Crippen LogP contribution in [0.1, 0.15) is 19.8 Å². The molecule has 0 radical (unpaired) electrons. The first kappa shape index (κ1) is 17.1. The number of halogens is 2. The largest absolute Gasteiger partial charge is 0.492 e. The average Bonchev–Trinajstić information content (AvgIpc) is 2.54. The van der Waals surface area contributed by atoms with Crippen LogP contribution < -0.4 is 10.1 Å². The van der Waals surface area contributed by atoms with Gasteiger partial charge >= 0.3 is 0 Å². The van der Waals surface area contributed by atoms with Gasteiger partial charge in [-0.15, -0.1) is 0 Å². The molecule has 124 valence electrons. The van der Waals surface area contributed by atoms with Crippen molar-refractivity contribution in [1.82, 2.24) is 5.32 Å². The highest BCUT2D eigenvalue weighted by atomic mass is 19.2. The Morgan fingerprint density at radius 3 is 2.73 bits per heavy atom. The number of rotatable bonds is 7. The highest BCUT2D eigenvalue weighted by Crippen LogP contribution is 2.18. The molecule has 2 rings (SSSR count). The molecule has 22 heavy (non-hydrogen) atoms. The van der Waals surface area contributed by atoms with Gasteiger partial charge in [0, 0.05) is 31.9 Å². The maximum absolute atomic E-state index is 13.0. The molecule has 0 saturated carbocycles. The Kier molecular flexibility index (Phi) is 6.54. The zero-order valence-corrected chi connectivity index (χ0v) is 12.7. The Bertz CT molecular complexity index is 467. The second-order valence-corrected chi connectivity index (χ2v) is 5.71. The number of hydrogen-bond acceptors (Lipinski definition) is 4. The van der Waals surface area contributed by atoms with Crippen molar-refractivity contribution in [1.29, 1.82) is 0 Å². The van der Waals surface area contributed by atoms with Gasteiger partial charge in [-0.1, -0.05) is 0 Å². The van der Waals surface area contributed by atoms with Crippen molar-refractivity contribution in [3.8, 4) is 5.75 Å². The molecular weight excluding hydrogens is 292 g/mol.